The molecule has 0 heterocycles. The number of allylic oxidation sites excluding steroid dienone is 1. The summed E-state index contributed by atoms with van der Waals surface area (Å²) >= 11 is 0. The van der Waals surface area contributed by atoms with Crippen molar-refractivity contribution < 1.29 is 15.0 Å². The van der Waals surface area contributed by atoms with Crippen LogP contribution in [0.15, 0.2) is 42.5 Å². The van der Waals surface area contributed by atoms with Crippen molar-refractivity contribution in [2.75, 3.05) is 0 Å². The maximum Gasteiger partial charge on any atom is 0.192 e. The lowest BCUT2D eigenvalue weighted by molar-refractivity contribution is 0.0536. The molecule has 0 fully saturated rings. The topological polar surface area (TPSA) is 83.6 Å². The molecule has 3 atom stereocenters. The highest BCUT2D eigenvalue weighted by Gasteiger charge is 2.28. The molecule has 0 aliphatic heterocycles. The van der Waals surface area contributed by atoms with E-state index >= 15 is 0 Å². The zero-order valence-electron chi connectivity index (χ0n) is 18.1. The summed E-state index contributed by atoms with van der Waals surface area (Å²) in [5.74, 6) is -0.462. The average molecular weight is 404 g/mol. The van der Waals surface area contributed by atoms with Crippen LogP contribution in [0.2, 0.25) is 0 Å². The van der Waals surface area contributed by atoms with Crippen LogP contribution >= 0.6 is 0 Å². The monoisotopic (exact) mass is 403 g/mol. The molecule has 1 aromatic carbocycles. The number of benzene rings is 1. The minimum atomic E-state index is -1.42. The van der Waals surface area contributed by atoms with Gasteiger partial charge in [0.15, 0.2) is 5.78 Å². The van der Waals surface area contributed by atoms with Crippen LogP contribution in [0.1, 0.15) is 94.3 Å². The number of aliphatic hydroxyl groups excluding tert-OH is 2. The molecule has 0 bridgehead atoms. The summed E-state index contributed by atoms with van der Waals surface area (Å²) in [5, 5.41) is 20.3. The first kappa shape index (κ1) is 25.5. The molecule has 1 unspecified atom stereocenters. The van der Waals surface area contributed by atoms with Gasteiger partial charge in [0, 0.05) is 5.56 Å². The van der Waals surface area contributed by atoms with Crippen molar-refractivity contribution in [3.8, 4) is 0 Å². The Morgan fingerprint density at radius 3 is 1.97 bits per heavy atom. The predicted molar refractivity (Wildman–Crippen MR) is 121 cm³/mol. The predicted octanol–water partition coefficient (Wildman–Crippen LogP) is 5.18. The molecule has 0 amide bonds. The third-order valence-electron chi connectivity index (χ3n) is 5.39. The highest BCUT2D eigenvalue weighted by molar-refractivity contribution is 5.99. The molecule has 0 aliphatic carbocycles. The smallest absolute Gasteiger partial charge is 0.192 e. The summed E-state index contributed by atoms with van der Waals surface area (Å²) < 4.78 is 0. The summed E-state index contributed by atoms with van der Waals surface area (Å²) in [4.78, 5) is 12.2. The molecule has 4 heteroatoms. The molecule has 0 spiro atoms. The van der Waals surface area contributed by atoms with Gasteiger partial charge in [-0.2, -0.15) is 0 Å². The van der Waals surface area contributed by atoms with Gasteiger partial charge in [0.2, 0.25) is 0 Å². The number of nitrogens with two attached hydrogens (primary N) is 1. The molecule has 164 valence electrons. The van der Waals surface area contributed by atoms with Crippen molar-refractivity contribution in [3.05, 3.63) is 48.0 Å². The van der Waals surface area contributed by atoms with E-state index in [0.717, 1.165) is 12.8 Å². The maximum atomic E-state index is 12.2. The van der Waals surface area contributed by atoms with Crippen LogP contribution < -0.4 is 5.73 Å². The van der Waals surface area contributed by atoms with E-state index < -0.39 is 24.0 Å². The van der Waals surface area contributed by atoms with E-state index in [9.17, 15) is 15.0 Å². The molecule has 1 aromatic rings. The zero-order valence-corrected chi connectivity index (χ0v) is 18.1. The summed E-state index contributed by atoms with van der Waals surface area (Å²) in [6, 6.07) is 7.50. The van der Waals surface area contributed by atoms with Gasteiger partial charge >= 0.3 is 0 Å². The van der Waals surface area contributed by atoms with E-state index in [1.54, 1.807) is 36.4 Å². The first-order valence-corrected chi connectivity index (χ1v) is 11.5. The Balaban J connectivity index is 2.10. The Kier molecular flexibility index (Phi) is 14.4. The quantitative estimate of drug-likeness (QED) is 0.190. The highest BCUT2D eigenvalue weighted by Crippen LogP contribution is 2.13. The van der Waals surface area contributed by atoms with Gasteiger partial charge in [0.1, 0.15) is 6.10 Å². The van der Waals surface area contributed by atoms with Gasteiger partial charge in [-0.25, -0.2) is 0 Å². The van der Waals surface area contributed by atoms with Gasteiger partial charge in [-0.1, -0.05) is 114 Å². The molecule has 0 saturated heterocycles. The minimum absolute atomic E-state index is 0.396. The van der Waals surface area contributed by atoms with E-state index in [1.807, 2.05) is 6.08 Å². The van der Waals surface area contributed by atoms with Crippen LogP contribution in [-0.2, 0) is 0 Å². The number of carbonyl (C=O) groups is 1. The Morgan fingerprint density at radius 1 is 0.897 bits per heavy atom. The minimum Gasteiger partial charge on any atom is -0.387 e. The Labute approximate surface area is 177 Å². The van der Waals surface area contributed by atoms with Crippen molar-refractivity contribution in [2.45, 2.75) is 102 Å². The molecule has 0 radical (unpaired) electrons. The van der Waals surface area contributed by atoms with Crippen LogP contribution in [0.4, 0.5) is 0 Å². The number of unbranched alkanes of at least 4 members (excludes halogenated alkanes) is 11. The van der Waals surface area contributed by atoms with Gasteiger partial charge in [0.05, 0.1) is 12.1 Å². The number of aliphatic hydroxyl groups is 2. The molecule has 4 N–H and O–H groups in total. The first-order chi connectivity index (χ1) is 14.1. The fourth-order valence-corrected chi connectivity index (χ4v) is 3.43. The Morgan fingerprint density at radius 2 is 1.41 bits per heavy atom. The lowest BCUT2D eigenvalue weighted by Gasteiger charge is -2.21. The van der Waals surface area contributed by atoms with Crippen molar-refractivity contribution in [1.29, 1.82) is 0 Å². The van der Waals surface area contributed by atoms with Crippen LogP contribution in [0.5, 0.6) is 0 Å². The second kappa shape index (κ2) is 16.3. The SMILES string of the molecule is CCCCCCCCCCCCC/C=C/[C@@H](O)[C@@H](N)C(O)C(=O)c1ccccc1. The standard InChI is InChI=1S/C25H41NO3/c1-2-3-4-5-6-7-8-9-10-11-12-13-17-20-22(27)23(26)25(29)24(28)21-18-15-14-16-19-21/h14-20,22-23,25,27,29H,2-13,26H2,1H3/b20-17+/t22-,23-,25?/m1/s1. The Bertz CT molecular complexity index is 558. The first-order valence-electron chi connectivity index (χ1n) is 11.5. The fourth-order valence-electron chi connectivity index (χ4n) is 3.43. The van der Waals surface area contributed by atoms with Crippen molar-refractivity contribution in [3.63, 3.8) is 0 Å². The Hall–Kier alpha value is -1.49. The third kappa shape index (κ3) is 11.3. The second-order valence-electron chi connectivity index (χ2n) is 8.00. The van der Waals surface area contributed by atoms with Crippen molar-refractivity contribution >= 4 is 5.78 Å². The molecule has 29 heavy (non-hydrogen) atoms. The molecular formula is C25H41NO3. The maximum absolute atomic E-state index is 12.2. The van der Waals surface area contributed by atoms with Crippen molar-refractivity contribution in [2.24, 2.45) is 5.73 Å². The van der Waals surface area contributed by atoms with Crippen LogP contribution in [0.25, 0.3) is 0 Å². The number of carbonyl (C=O) groups excluding carboxylic acids is 1. The van der Waals surface area contributed by atoms with E-state index in [2.05, 4.69) is 6.92 Å². The molecule has 4 nitrogen and oxygen atoms in total. The third-order valence-corrected chi connectivity index (χ3v) is 5.39. The van der Waals surface area contributed by atoms with Crippen LogP contribution in [0.3, 0.4) is 0 Å². The molecule has 1 rings (SSSR count). The molecule has 0 aromatic heterocycles. The summed E-state index contributed by atoms with van der Waals surface area (Å²) in [6.45, 7) is 2.25. The zero-order chi connectivity index (χ0) is 21.3. The number of hydrogen-bond donors (Lipinski definition) is 3. The van der Waals surface area contributed by atoms with Gasteiger partial charge in [-0.05, 0) is 12.8 Å². The number of rotatable bonds is 17. The largest absolute Gasteiger partial charge is 0.387 e. The highest BCUT2D eigenvalue weighted by atomic mass is 16.3. The lowest BCUT2D eigenvalue weighted by Crippen LogP contribution is -2.47. The number of Topliss-reactive ketones (excluding diaryl/α,β-unsaturated/α-hetero) is 1. The van der Waals surface area contributed by atoms with Crippen molar-refractivity contribution in [1.82, 2.24) is 0 Å². The molecule has 0 aliphatic rings. The normalized spacial score (nSPS) is 14.8. The van der Waals surface area contributed by atoms with E-state index in [-0.39, 0.29) is 0 Å². The van der Waals surface area contributed by atoms with E-state index in [1.165, 1.54) is 64.2 Å². The fraction of sp³-hybridized carbons (Fsp3) is 0.640. The summed E-state index contributed by atoms with van der Waals surface area (Å²) in [5.41, 5.74) is 6.27. The second-order valence-corrected chi connectivity index (χ2v) is 8.00. The van der Waals surface area contributed by atoms with Crippen LogP contribution in [-0.4, -0.2) is 34.2 Å². The molecule has 0 saturated carbocycles. The van der Waals surface area contributed by atoms with E-state index in [4.69, 9.17) is 5.73 Å². The number of ketones is 1. The van der Waals surface area contributed by atoms with Gasteiger partial charge in [-0.15, -0.1) is 0 Å². The molecular weight excluding hydrogens is 362 g/mol. The van der Waals surface area contributed by atoms with E-state index in [0.29, 0.717) is 5.56 Å². The average Bonchev–Trinajstić information content (AvgIpc) is 2.75. The van der Waals surface area contributed by atoms with Gasteiger partial charge in [0.25, 0.3) is 0 Å². The van der Waals surface area contributed by atoms with Crippen LogP contribution in [0, 0.1) is 0 Å². The van der Waals surface area contributed by atoms with Gasteiger partial charge in [-0.3, -0.25) is 4.79 Å². The summed E-state index contributed by atoms with van der Waals surface area (Å²) in [6.07, 6.45) is 16.3. The number of hydrogen-bond acceptors (Lipinski definition) is 4. The lowest BCUT2D eigenvalue weighted by atomic mass is 9.97. The summed E-state index contributed by atoms with van der Waals surface area (Å²) in [7, 11) is 0. The van der Waals surface area contributed by atoms with Gasteiger partial charge < -0.3 is 15.9 Å².